The van der Waals surface area contributed by atoms with Crippen LogP contribution in [0.1, 0.15) is 22.6 Å². The fourth-order valence-electron chi connectivity index (χ4n) is 9.34. The van der Waals surface area contributed by atoms with Gasteiger partial charge in [0.15, 0.2) is 17.5 Å². The third-order valence-electron chi connectivity index (χ3n) is 12.1. The van der Waals surface area contributed by atoms with Crippen LogP contribution in [0.3, 0.4) is 0 Å². The summed E-state index contributed by atoms with van der Waals surface area (Å²) >= 11 is 0. The molecule has 290 valence electrons. The highest BCUT2D eigenvalue weighted by Crippen LogP contribution is 2.52. The Labute approximate surface area is 359 Å². The van der Waals surface area contributed by atoms with Crippen molar-refractivity contribution in [3.05, 3.63) is 235 Å². The number of rotatable bonds is 7. The van der Waals surface area contributed by atoms with Gasteiger partial charge in [0.05, 0.1) is 16.7 Å². The lowest BCUT2D eigenvalue weighted by molar-refractivity contribution is 1.02. The van der Waals surface area contributed by atoms with E-state index >= 15 is 0 Å². The van der Waals surface area contributed by atoms with E-state index in [1.54, 1.807) is 0 Å². The Hall–Kier alpha value is -8.28. The first-order valence-corrected chi connectivity index (χ1v) is 21.0. The van der Waals surface area contributed by atoms with Crippen LogP contribution in [0.25, 0.3) is 95.3 Å². The lowest BCUT2D eigenvalue weighted by atomic mass is 9.88. The topological polar surface area (TPSA) is 56.5 Å². The maximum absolute atomic E-state index is 5.35. The van der Waals surface area contributed by atoms with Crippen LogP contribution in [0, 0.1) is 0 Å². The number of hydrogen-bond donors (Lipinski definition) is 0. The first-order chi connectivity index (χ1) is 30.7. The fourth-order valence-corrected chi connectivity index (χ4v) is 9.34. The molecule has 0 saturated heterocycles. The van der Waals surface area contributed by atoms with Gasteiger partial charge >= 0.3 is 0 Å². The second kappa shape index (κ2) is 14.8. The van der Waals surface area contributed by atoms with Gasteiger partial charge in [-0.05, 0) is 87.5 Å². The molecule has 1 aliphatic rings. The van der Waals surface area contributed by atoms with Crippen LogP contribution >= 0.6 is 0 Å². The molecule has 12 rings (SSSR count). The van der Waals surface area contributed by atoms with Gasteiger partial charge in [-0.3, -0.25) is 0 Å². The molecule has 1 aliphatic carbocycles. The highest BCUT2D eigenvalue weighted by atomic mass is 15.0. The molecule has 11 aromatic rings. The van der Waals surface area contributed by atoms with E-state index in [1.165, 1.54) is 60.8 Å². The number of fused-ring (bicyclic) bond motifs is 6. The second-order valence-corrected chi connectivity index (χ2v) is 15.8. The van der Waals surface area contributed by atoms with Crippen molar-refractivity contribution in [3.63, 3.8) is 0 Å². The number of para-hydroxylation sites is 2. The molecule has 0 aliphatic heterocycles. The summed E-state index contributed by atoms with van der Waals surface area (Å²) in [6.07, 6.45) is 0. The number of aromatic nitrogens is 5. The van der Waals surface area contributed by atoms with Gasteiger partial charge in [-0.25, -0.2) is 19.9 Å². The van der Waals surface area contributed by atoms with Crippen LogP contribution < -0.4 is 0 Å². The zero-order chi connectivity index (χ0) is 41.0. The average molecular weight is 792 g/mol. The second-order valence-electron chi connectivity index (χ2n) is 15.8. The quantitative estimate of drug-likeness (QED) is 0.161. The van der Waals surface area contributed by atoms with Crippen LogP contribution in [0.4, 0.5) is 0 Å². The summed E-state index contributed by atoms with van der Waals surface area (Å²) in [7, 11) is 0. The summed E-state index contributed by atoms with van der Waals surface area (Å²) in [5, 5.41) is 2.47. The largest absolute Gasteiger partial charge is 0.309 e. The molecule has 0 radical (unpaired) electrons. The summed E-state index contributed by atoms with van der Waals surface area (Å²) < 4.78 is 2.37. The van der Waals surface area contributed by atoms with Crippen molar-refractivity contribution in [1.82, 2.24) is 24.5 Å². The molecule has 5 heteroatoms. The monoisotopic (exact) mass is 791 g/mol. The predicted molar refractivity (Wildman–Crippen MR) is 252 cm³/mol. The predicted octanol–water partition coefficient (Wildman–Crippen LogP) is 13.9. The Kier molecular flexibility index (Phi) is 8.49. The van der Waals surface area contributed by atoms with Gasteiger partial charge in [0.2, 0.25) is 0 Å². The Bertz CT molecular complexity index is 3390. The van der Waals surface area contributed by atoms with E-state index in [1.807, 2.05) is 66.7 Å². The first kappa shape index (κ1) is 35.6. The summed E-state index contributed by atoms with van der Waals surface area (Å²) in [4.78, 5) is 20.3. The van der Waals surface area contributed by atoms with Crippen LogP contribution in [0.15, 0.2) is 218 Å². The summed E-state index contributed by atoms with van der Waals surface area (Å²) in [6.45, 7) is 0. The first-order valence-electron chi connectivity index (χ1n) is 21.0. The molecular formula is C57H37N5. The van der Waals surface area contributed by atoms with E-state index in [9.17, 15) is 0 Å². The van der Waals surface area contributed by atoms with Gasteiger partial charge < -0.3 is 4.57 Å². The highest BCUT2D eigenvalue weighted by molar-refractivity contribution is 6.10. The Morgan fingerprint density at radius 1 is 0.339 bits per heavy atom. The van der Waals surface area contributed by atoms with Gasteiger partial charge in [0, 0.05) is 39.1 Å². The van der Waals surface area contributed by atoms with E-state index in [-0.39, 0.29) is 5.92 Å². The van der Waals surface area contributed by atoms with E-state index in [4.69, 9.17) is 19.9 Å². The molecule has 0 bridgehead atoms. The van der Waals surface area contributed by atoms with Gasteiger partial charge in [-0.2, -0.15) is 0 Å². The minimum Gasteiger partial charge on any atom is -0.309 e. The molecule has 5 nitrogen and oxygen atoms in total. The lowest BCUT2D eigenvalue weighted by Crippen LogP contribution is -2.01. The van der Waals surface area contributed by atoms with Crippen LogP contribution in [0.5, 0.6) is 0 Å². The fraction of sp³-hybridized carbons (Fsp3) is 0.0175. The van der Waals surface area contributed by atoms with Crippen LogP contribution in [0.2, 0.25) is 0 Å². The lowest BCUT2D eigenvalue weighted by Gasteiger charge is -2.15. The minimum absolute atomic E-state index is 0.0788. The van der Waals surface area contributed by atoms with E-state index in [0.29, 0.717) is 23.2 Å². The molecule has 0 saturated carbocycles. The maximum atomic E-state index is 5.35. The van der Waals surface area contributed by atoms with Crippen molar-refractivity contribution in [3.8, 4) is 73.5 Å². The zero-order valence-electron chi connectivity index (χ0n) is 33.6. The van der Waals surface area contributed by atoms with Crippen molar-refractivity contribution in [2.45, 2.75) is 5.92 Å². The molecule has 3 heterocycles. The van der Waals surface area contributed by atoms with Crippen molar-refractivity contribution >= 4 is 21.8 Å². The Morgan fingerprint density at radius 3 is 1.66 bits per heavy atom. The number of nitrogens with zero attached hydrogens (tertiary/aromatic N) is 5. The third-order valence-corrected chi connectivity index (χ3v) is 12.1. The van der Waals surface area contributed by atoms with E-state index in [2.05, 4.69) is 156 Å². The van der Waals surface area contributed by atoms with Crippen molar-refractivity contribution in [2.24, 2.45) is 0 Å². The normalized spacial score (nSPS) is 13.0. The molecule has 0 amide bonds. The van der Waals surface area contributed by atoms with Gasteiger partial charge in [0.25, 0.3) is 0 Å². The van der Waals surface area contributed by atoms with Crippen molar-refractivity contribution in [1.29, 1.82) is 0 Å². The van der Waals surface area contributed by atoms with E-state index < -0.39 is 0 Å². The third kappa shape index (κ3) is 6.02. The number of hydrogen-bond acceptors (Lipinski definition) is 4. The molecule has 1 atom stereocenters. The van der Waals surface area contributed by atoms with Gasteiger partial charge in [0.1, 0.15) is 5.69 Å². The molecule has 62 heavy (non-hydrogen) atoms. The zero-order valence-corrected chi connectivity index (χ0v) is 33.6. The molecule has 8 aromatic carbocycles. The molecule has 3 aromatic heterocycles. The molecule has 1 unspecified atom stereocenters. The standard InChI is InChI=1S/C57H37N5/c1-5-17-37(18-6-1)53-44-33-31-40(41-32-34-52-47(35-41)43-25-13-14-30-51(43)62(52)42-23-11-4-12-24-42)36-48(44)54-45(26-15-27-46(53)54)49-28-16-29-50(58-49)57-60-55(38-19-7-2-8-20-38)59-56(61-57)39-21-9-3-10-22-39/h1-36,53H. The van der Waals surface area contributed by atoms with Crippen LogP contribution in [-0.2, 0) is 0 Å². The van der Waals surface area contributed by atoms with Crippen molar-refractivity contribution < 1.29 is 0 Å². The Morgan fingerprint density at radius 2 is 0.919 bits per heavy atom. The molecule has 0 spiro atoms. The Balaban J connectivity index is 1.01. The molecule has 0 fully saturated rings. The number of pyridine rings is 1. The summed E-state index contributed by atoms with van der Waals surface area (Å²) in [6, 6.07) is 77.1. The smallest absolute Gasteiger partial charge is 0.182 e. The maximum Gasteiger partial charge on any atom is 0.182 e. The SMILES string of the molecule is c1ccc(-c2nc(-c3ccccc3)nc(-c3cccc(-c4cccc5c4-c4cc(-c6ccc7c(c6)c6ccccc6n7-c6ccccc6)ccc4C5c4ccccc4)n3)n2)cc1. The van der Waals surface area contributed by atoms with Crippen molar-refractivity contribution in [2.75, 3.05) is 0 Å². The summed E-state index contributed by atoms with van der Waals surface area (Å²) in [5.74, 6) is 1.82. The number of benzene rings is 8. The molecular weight excluding hydrogens is 755 g/mol. The minimum atomic E-state index is 0.0788. The highest BCUT2D eigenvalue weighted by Gasteiger charge is 2.33. The van der Waals surface area contributed by atoms with Crippen LogP contribution in [-0.4, -0.2) is 24.5 Å². The van der Waals surface area contributed by atoms with E-state index in [0.717, 1.165) is 28.1 Å². The summed E-state index contributed by atoms with van der Waals surface area (Å²) in [5.41, 5.74) is 16.6. The molecule has 0 N–H and O–H groups in total. The van der Waals surface area contributed by atoms with Gasteiger partial charge in [-0.15, -0.1) is 0 Å². The van der Waals surface area contributed by atoms with Gasteiger partial charge in [-0.1, -0.05) is 170 Å². The average Bonchev–Trinajstić information content (AvgIpc) is 3.87.